The maximum Gasteiger partial charge on any atom is 0.228 e. The number of furan rings is 1. The lowest BCUT2D eigenvalue weighted by Gasteiger charge is -2.06. The predicted molar refractivity (Wildman–Crippen MR) is 90.9 cm³/mol. The molecule has 4 nitrogen and oxygen atoms in total. The van der Waals surface area contributed by atoms with Crippen LogP contribution in [0.3, 0.4) is 0 Å². The number of ether oxygens (including phenoxy) is 1. The van der Waals surface area contributed by atoms with Crippen molar-refractivity contribution in [2.75, 3.05) is 11.9 Å². The number of fused-ring (bicyclic) bond motifs is 1. The highest BCUT2D eigenvalue weighted by molar-refractivity contribution is 5.95. The van der Waals surface area contributed by atoms with Crippen LogP contribution in [-0.2, 0) is 11.2 Å². The zero-order valence-electron chi connectivity index (χ0n) is 13.3. The van der Waals surface area contributed by atoms with Gasteiger partial charge in [0.2, 0.25) is 5.91 Å². The summed E-state index contributed by atoms with van der Waals surface area (Å²) in [4.78, 5) is 12.2. The van der Waals surface area contributed by atoms with Gasteiger partial charge in [-0.25, -0.2) is 0 Å². The Balaban J connectivity index is 1.68. The van der Waals surface area contributed by atoms with Crippen molar-refractivity contribution in [3.05, 3.63) is 59.9 Å². The van der Waals surface area contributed by atoms with Crippen LogP contribution in [0.25, 0.3) is 11.0 Å². The summed E-state index contributed by atoms with van der Waals surface area (Å²) in [6.07, 6.45) is 1.94. The third-order valence-corrected chi connectivity index (χ3v) is 3.61. The summed E-state index contributed by atoms with van der Waals surface area (Å²) in [5.74, 6) is 0.721. The summed E-state index contributed by atoms with van der Waals surface area (Å²) < 4.78 is 10.9. The van der Waals surface area contributed by atoms with Gasteiger partial charge in [0.25, 0.3) is 0 Å². The Morgan fingerprint density at radius 1 is 1.17 bits per heavy atom. The first-order chi connectivity index (χ1) is 11.2. The number of hydrogen-bond acceptors (Lipinski definition) is 3. The topological polar surface area (TPSA) is 51.5 Å². The van der Waals surface area contributed by atoms with Gasteiger partial charge < -0.3 is 14.5 Å². The van der Waals surface area contributed by atoms with Crippen LogP contribution in [0.4, 0.5) is 5.69 Å². The summed E-state index contributed by atoms with van der Waals surface area (Å²) in [6.45, 7) is 4.57. The highest BCUT2D eigenvalue weighted by Crippen LogP contribution is 2.23. The van der Waals surface area contributed by atoms with Gasteiger partial charge in [0, 0.05) is 16.6 Å². The lowest BCUT2D eigenvalue weighted by molar-refractivity contribution is -0.115. The molecule has 3 rings (SSSR count). The summed E-state index contributed by atoms with van der Waals surface area (Å²) in [6, 6.07) is 13.3. The van der Waals surface area contributed by atoms with Gasteiger partial charge in [-0.2, -0.15) is 0 Å². The lowest BCUT2D eigenvalue weighted by Crippen LogP contribution is -2.14. The zero-order chi connectivity index (χ0) is 16.2. The minimum Gasteiger partial charge on any atom is -0.494 e. The standard InChI is InChI=1S/C19H19NO3/c1-3-22-16-7-5-15(6-8-16)20-19(21)11-14-12-23-18-10-13(2)4-9-17(14)18/h4-10,12H,3,11H2,1-2H3,(H,20,21). The number of nitrogens with one attached hydrogen (secondary N) is 1. The van der Waals surface area contributed by atoms with E-state index in [2.05, 4.69) is 5.32 Å². The SMILES string of the molecule is CCOc1ccc(NC(=O)Cc2coc3cc(C)ccc23)cc1. The minimum atomic E-state index is -0.0718. The van der Waals surface area contributed by atoms with Crippen molar-refractivity contribution in [1.82, 2.24) is 0 Å². The van der Waals surface area contributed by atoms with Crippen molar-refractivity contribution in [2.24, 2.45) is 0 Å². The second-order valence-electron chi connectivity index (χ2n) is 5.44. The van der Waals surface area contributed by atoms with Gasteiger partial charge in [-0.05, 0) is 49.7 Å². The molecule has 0 atom stereocenters. The maximum atomic E-state index is 12.2. The number of anilines is 1. The first-order valence-corrected chi connectivity index (χ1v) is 7.65. The Kier molecular flexibility index (Phi) is 4.33. The Bertz CT molecular complexity index is 818. The highest BCUT2D eigenvalue weighted by atomic mass is 16.5. The number of hydrogen-bond donors (Lipinski definition) is 1. The van der Waals surface area contributed by atoms with E-state index in [4.69, 9.17) is 9.15 Å². The molecule has 0 aliphatic rings. The van der Waals surface area contributed by atoms with Gasteiger partial charge in [-0.15, -0.1) is 0 Å². The molecule has 0 saturated carbocycles. The molecule has 0 bridgehead atoms. The average Bonchev–Trinajstić information content (AvgIpc) is 2.91. The van der Waals surface area contributed by atoms with Crippen molar-refractivity contribution in [2.45, 2.75) is 20.3 Å². The van der Waals surface area contributed by atoms with Crippen LogP contribution in [0.2, 0.25) is 0 Å². The molecule has 0 radical (unpaired) electrons. The number of benzene rings is 2. The fourth-order valence-electron chi connectivity index (χ4n) is 2.51. The Morgan fingerprint density at radius 3 is 2.70 bits per heavy atom. The summed E-state index contributed by atoms with van der Waals surface area (Å²) in [5, 5.41) is 3.87. The van der Waals surface area contributed by atoms with Gasteiger partial charge in [0.05, 0.1) is 19.3 Å². The van der Waals surface area contributed by atoms with Crippen LogP contribution in [0.5, 0.6) is 5.75 Å². The van der Waals surface area contributed by atoms with Crippen LogP contribution in [0.1, 0.15) is 18.1 Å². The molecule has 1 aromatic heterocycles. The number of carbonyl (C=O) groups is 1. The van der Waals surface area contributed by atoms with E-state index in [0.29, 0.717) is 6.61 Å². The number of rotatable bonds is 5. The van der Waals surface area contributed by atoms with E-state index >= 15 is 0 Å². The van der Waals surface area contributed by atoms with Crippen molar-refractivity contribution < 1.29 is 13.9 Å². The molecule has 0 saturated heterocycles. The number of amides is 1. The molecule has 0 spiro atoms. The van der Waals surface area contributed by atoms with E-state index in [0.717, 1.165) is 33.5 Å². The van der Waals surface area contributed by atoms with Gasteiger partial charge >= 0.3 is 0 Å². The van der Waals surface area contributed by atoms with Crippen LogP contribution in [-0.4, -0.2) is 12.5 Å². The Labute approximate surface area is 135 Å². The van der Waals surface area contributed by atoms with Crippen molar-refractivity contribution in [3.8, 4) is 5.75 Å². The second kappa shape index (κ2) is 6.57. The minimum absolute atomic E-state index is 0.0718. The van der Waals surface area contributed by atoms with E-state index < -0.39 is 0 Å². The molecule has 118 valence electrons. The third kappa shape index (κ3) is 3.54. The molecule has 1 N–H and O–H groups in total. The van der Waals surface area contributed by atoms with Crippen molar-refractivity contribution >= 4 is 22.6 Å². The molecular formula is C19H19NO3. The molecule has 3 aromatic rings. The number of aryl methyl sites for hydroxylation is 1. The molecule has 0 aliphatic heterocycles. The first-order valence-electron chi connectivity index (χ1n) is 7.65. The van der Waals surface area contributed by atoms with Crippen molar-refractivity contribution in [1.29, 1.82) is 0 Å². The second-order valence-corrected chi connectivity index (χ2v) is 5.44. The molecular weight excluding hydrogens is 290 g/mol. The zero-order valence-corrected chi connectivity index (χ0v) is 13.3. The van der Waals surface area contributed by atoms with E-state index in [1.807, 2.05) is 56.3 Å². The summed E-state index contributed by atoms with van der Waals surface area (Å²) in [5.41, 5.74) is 3.59. The molecule has 4 heteroatoms. The van der Waals surface area contributed by atoms with Crippen LogP contribution >= 0.6 is 0 Å². The smallest absolute Gasteiger partial charge is 0.228 e. The van der Waals surface area contributed by atoms with E-state index in [-0.39, 0.29) is 12.3 Å². The maximum absolute atomic E-state index is 12.2. The van der Waals surface area contributed by atoms with E-state index in [9.17, 15) is 4.79 Å². The van der Waals surface area contributed by atoms with E-state index in [1.165, 1.54) is 0 Å². The van der Waals surface area contributed by atoms with Crippen LogP contribution in [0, 0.1) is 6.92 Å². The van der Waals surface area contributed by atoms with Crippen LogP contribution < -0.4 is 10.1 Å². The average molecular weight is 309 g/mol. The van der Waals surface area contributed by atoms with Gasteiger partial charge in [0.1, 0.15) is 11.3 Å². The fraction of sp³-hybridized carbons (Fsp3) is 0.211. The molecule has 1 amide bonds. The monoisotopic (exact) mass is 309 g/mol. The Morgan fingerprint density at radius 2 is 1.96 bits per heavy atom. The highest BCUT2D eigenvalue weighted by Gasteiger charge is 2.11. The normalized spacial score (nSPS) is 10.7. The molecule has 1 heterocycles. The van der Waals surface area contributed by atoms with Crippen molar-refractivity contribution in [3.63, 3.8) is 0 Å². The summed E-state index contributed by atoms with van der Waals surface area (Å²) >= 11 is 0. The lowest BCUT2D eigenvalue weighted by atomic mass is 10.1. The quantitative estimate of drug-likeness (QED) is 0.763. The molecule has 0 aliphatic carbocycles. The molecule has 0 unspecified atom stereocenters. The fourth-order valence-corrected chi connectivity index (χ4v) is 2.51. The molecule has 2 aromatic carbocycles. The van der Waals surface area contributed by atoms with Gasteiger partial charge in [-0.1, -0.05) is 12.1 Å². The third-order valence-electron chi connectivity index (χ3n) is 3.61. The predicted octanol–water partition coefficient (Wildman–Crippen LogP) is 4.32. The largest absolute Gasteiger partial charge is 0.494 e. The number of carbonyl (C=O) groups excluding carboxylic acids is 1. The van der Waals surface area contributed by atoms with Gasteiger partial charge in [-0.3, -0.25) is 4.79 Å². The molecule has 0 fully saturated rings. The van der Waals surface area contributed by atoms with E-state index in [1.54, 1.807) is 6.26 Å². The summed E-state index contributed by atoms with van der Waals surface area (Å²) in [7, 11) is 0. The molecule has 23 heavy (non-hydrogen) atoms. The van der Waals surface area contributed by atoms with Crippen LogP contribution in [0.15, 0.2) is 53.1 Å². The first kappa shape index (κ1) is 15.2. The Hall–Kier alpha value is -2.75. The van der Waals surface area contributed by atoms with Gasteiger partial charge in [0.15, 0.2) is 0 Å².